The summed E-state index contributed by atoms with van der Waals surface area (Å²) >= 11 is 0. The van der Waals surface area contributed by atoms with E-state index >= 15 is 0 Å². The predicted octanol–water partition coefficient (Wildman–Crippen LogP) is 0.0544. The lowest BCUT2D eigenvalue weighted by atomic mass is 10.2. The van der Waals surface area contributed by atoms with Crippen molar-refractivity contribution in [3.8, 4) is 0 Å². The molecule has 0 bridgehead atoms. The lowest BCUT2D eigenvalue weighted by Gasteiger charge is -2.10. The molecule has 17 heavy (non-hydrogen) atoms. The number of hydrogen-bond donors (Lipinski definition) is 3. The molecular formula is C10H15N3O3S. The van der Waals surface area contributed by atoms with Gasteiger partial charge in [0.25, 0.3) is 5.91 Å². The van der Waals surface area contributed by atoms with Crippen molar-refractivity contribution in [3.63, 3.8) is 0 Å². The maximum Gasteiger partial charge on any atom is 0.250 e. The van der Waals surface area contributed by atoms with Crippen molar-refractivity contribution in [3.05, 3.63) is 23.8 Å². The molecule has 0 unspecified atom stereocenters. The molecule has 0 aromatic heterocycles. The van der Waals surface area contributed by atoms with Crippen LogP contribution in [0.1, 0.15) is 24.2 Å². The number of sulfonamides is 1. The minimum atomic E-state index is -3.65. The summed E-state index contributed by atoms with van der Waals surface area (Å²) in [5.74, 6) is -0.760. The molecule has 0 heterocycles. The number of rotatable bonds is 4. The van der Waals surface area contributed by atoms with Gasteiger partial charge in [-0.15, -0.1) is 0 Å². The summed E-state index contributed by atoms with van der Waals surface area (Å²) in [6.07, 6.45) is 0. The maximum atomic E-state index is 11.8. The summed E-state index contributed by atoms with van der Waals surface area (Å²) in [5.41, 5.74) is 10.8. The molecule has 0 saturated carbocycles. The number of nitrogen functional groups attached to an aromatic ring is 1. The quantitative estimate of drug-likeness (QED) is 0.661. The Kier molecular flexibility index (Phi) is 3.74. The summed E-state index contributed by atoms with van der Waals surface area (Å²) in [5, 5.41) is 0. The molecule has 1 aromatic rings. The SMILES string of the molecule is CC(C)NS(=O)(=O)c1ccc(N)c(C(N)=O)c1. The number of amides is 1. The van der Waals surface area contributed by atoms with Crippen LogP contribution in [0.4, 0.5) is 5.69 Å². The van der Waals surface area contributed by atoms with Gasteiger partial charge in [-0.25, -0.2) is 13.1 Å². The zero-order valence-corrected chi connectivity index (χ0v) is 10.4. The van der Waals surface area contributed by atoms with Crippen molar-refractivity contribution in [1.29, 1.82) is 0 Å². The second-order valence-corrected chi connectivity index (χ2v) is 5.60. The number of nitrogens with one attached hydrogen (secondary N) is 1. The summed E-state index contributed by atoms with van der Waals surface area (Å²) in [6, 6.07) is 3.60. The molecule has 0 aliphatic heterocycles. The fraction of sp³-hybridized carbons (Fsp3) is 0.300. The van der Waals surface area contributed by atoms with Gasteiger partial charge in [-0.3, -0.25) is 4.79 Å². The number of carbonyl (C=O) groups is 1. The second kappa shape index (κ2) is 4.72. The van der Waals surface area contributed by atoms with Crippen molar-refractivity contribution in [1.82, 2.24) is 4.72 Å². The first-order valence-electron chi connectivity index (χ1n) is 4.95. The van der Waals surface area contributed by atoms with Gasteiger partial charge < -0.3 is 11.5 Å². The van der Waals surface area contributed by atoms with Crippen LogP contribution in [0.5, 0.6) is 0 Å². The third kappa shape index (κ3) is 3.18. The van der Waals surface area contributed by atoms with Gasteiger partial charge in [0.2, 0.25) is 10.0 Å². The molecule has 6 nitrogen and oxygen atoms in total. The van der Waals surface area contributed by atoms with Gasteiger partial charge in [-0.05, 0) is 32.0 Å². The molecule has 1 rings (SSSR count). The Balaban J connectivity index is 3.25. The molecular weight excluding hydrogens is 242 g/mol. The third-order valence-electron chi connectivity index (χ3n) is 1.99. The molecule has 0 aliphatic rings. The van der Waals surface area contributed by atoms with Gasteiger partial charge in [0.15, 0.2) is 0 Å². The Bertz CT molecular complexity index is 538. The van der Waals surface area contributed by atoms with Crippen LogP contribution in [0, 0.1) is 0 Å². The van der Waals surface area contributed by atoms with Gasteiger partial charge >= 0.3 is 0 Å². The third-order valence-corrected chi connectivity index (χ3v) is 3.65. The first-order valence-corrected chi connectivity index (χ1v) is 6.44. The van der Waals surface area contributed by atoms with Crippen LogP contribution in [0.3, 0.4) is 0 Å². The van der Waals surface area contributed by atoms with E-state index in [0.717, 1.165) is 0 Å². The zero-order valence-electron chi connectivity index (χ0n) is 9.60. The van der Waals surface area contributed by atoms with E-state index in [0.29, 0.717) is 0 Å². The highest BCUT2D eigenvalue weighted by atomic mass is 32.2. The molecule has 0 atom stereocenters. The number of anilines is 1. The lowest BCUT2D eigenvalue weighted by Crippen LogP contribution is -2.30. The Hall–Kier alpha value is -1.60. The van der Waals surface area contributed by atoms with Crippen LogP contribution < -0.4 is 16.2 Å². The number of carbonyl (C=O) groups excluding carboxylic acids is 1. The van der Waals surface area contributed by atoms with E-state index in [1.165, 1.54) is 18.2 Å². The van der Waals surface area contributed by atoms with E-state index in [1.807, 2.05) is 0 Å². The maximum absolute atomic E-state index is 11.8. The highest BCUT2D eigenvalue weighted by molar-refractivity contribution is 7.89. The van der Waals surface area contributed by atoms with Crippen molar-refractivity contribution in [2.75, 3.05) is 5.73 Å². The van der Waals surface area contributed by atoms with Crippen LogP contribution in [-0.2, 0) is 10.0 Å². The average Bonchev–Trinajstić information content (AvgIpc) is 2.15. The van der Waals surface area contributed by atoms with Crippen LogP contribution in [0.2, 0.25) is 0 Å². The lowest BCUT2D eigenvalue weighted by molar-refractivity contribution is 0.100. The van der Waals surface area contributed by atoms with Gasteiger partial charge in [0.1, 0.15) is 0 Å². The molecule has 7 heteroatoms. The van der Waals surface area contributed by atoms with Gasteiger partial charge in [-0.2, -0.15) is 0 Å². The van der Waals surface area contributed by atoms with E-state index in [4.69, 9.17) is 11.5 Å². The van der Waals surface area contributed by atoms with Crippen molar-refractivity contribution >= 4 is 21.6 Å². The highest BCUT2D eigenvalue weighted by Crippen LogP contribution is 2.17. The van der Waals surface area contributed by atoms with Gasteiger partial charge in [-0.1, -0.05) is 0 Å². The molecule has 1 amide bonds. The highest BCUT2D eigenvalue weighted by Gasteiger charge is 2.18. The molecule has 0 saturated heterocycles. The zero-order chi connectivity index (χ0) is 13.2. The Morgan fingerprint density at radius 3 is 2.41 bits per heavy atom. The molecule has 0 radical (unpaired) electrons. The van der Waals surface area contributed by atoms with Crippen molar-refractivity contribution in [2.24, 2.45) is 5.73 Å². The summed E-state index contributed by atoms with van der Waals surface area (Å²) in [7, 11) is -3.65. The summed E-state index contributed by atoms with van der Waals surface area (Å²) < 4.78 is 26.0. The Morgan fingerprint density at radius 2 is 1.94 bits per heavy atom. The second-order valence-electron chi connectivity index (χ2n) is 3.89. The normalized spacial score (nSPS) is 11.7. The number of benzene rings is 1. The van der Waals surface area contributed by atoms with E-state index in [1.54, 1.807) is 13.8 Å². The molecule has 94 valence electrons. The van der Waals surface area contributed by atoms with E-state index in [-0.39, 0.29) is 22.2 Å². The number of nitrogens with two attached hydrogens (primary N) is 2. The van der Waals surface area contributed by atoms with Crippen molar-refractivity contribution < 1.29 is 13.2 Å². The molecule has 1 aromatic carbocycles. The van der Waals surface area contributed by atoms with Crippen molar-refractivity contribution in [2.45, 2.75) is 24.8 Å². The smallest absolute Gasteiger partial charge is 0.250 e. The average molecular weight is 257 g/mol. The Labute approximate surface area is 100 Å². The summed E-state index contributed by atoms with van der Waals surface area (Å²) in [6.45, 7) is 3.40. The minimum Gasteiger partial charge on any atom is -0.398 e. The van der Waals surface area contributed by atoms with Crippen LogP contribution in [0.15, 0.2) is 23.1 Å². The summed E-state index contributed by atoms with van der Waals surface area (Å²) in [4.78, 5) is 11.0. The fourth-order valence-corrected chi connectivity index (χ4v) is 2.57. The van der Waals surface area contributed by atoms with Crippen LogP contribution in [-0.4, -0.2) is 20.4 Å². The monoisotopic (exact) mass is 257 g/mol. The van der Waals surface area contributed by atoms with Crippen LogP contribution in [0.25, 0.3) is 0 Å². The standard InChI is InChI=1S/C10H15N3O3S/c1-6(2)13-17(15,16)7-3-4-9(11)8(5-7)10(12)14/h3-6,13H,11H2,1-2H3,(H2,12,14). The minimum absolute atomic E-state index is 0.00312. The van der Waals surface area contributed by atoms with Gasteiger partial charge in [0, 0.05) is 11.7 Å². The fourth-order valence-electron chi connectivity index (χ4n) is 1.29. The first kappa shape index (κ1) is 13.5. The molecule has 0 aliphatic carbocycles. The van der Waals surface area contributed by atoms with Crippen LogP contribution >= 0.6 is 0 Å². The predicted molar refractivity (Wildman–Crippen MR) is 64.8 cm³/mol. The topological polar surface area (TPSA) is 115 Å². The number of hydrogen-bond acceptors (Lipinski definition) is 4. The molecule has 0 spiro atoms. The van der Waals surface area contributed by atoms with E-state index < -0.39 is 15.9 Å². The number of primary amides is 1. The first-order chi connectivity index (χ1) is 7.74. The molecule has 5 N–H and O–H groups in total. The Morgan fingerprint density at radius 1 is 1.35 bits per heavy atom. The molecule has 0 fully saturated rings. The van der Waals surface area contributed by atoms with Gasteiger partial charge in [0.05, 0.1) is 10.5 Å². The largest absolute Gasteiger partial charge is 0.398 e. The van der Waals surface area contributed by atoms with E-state index in [9.17, 15) is 13.2 Å². The van der Waals surface area contributed by atoms with E-state index in [2.05, 4.69) is 4.72 Å².